The van der Waals surface area contributed by atoms with Crippen LogP contribution in [0.3, 0.4) is 0 Å². The predicted octanol–water partition coefficient (Wildman–Crippen LogP) is 2.78. The van der Waals surface area contributed by atoms with E-state index in [1.165, 1.54) is 0 Å². The molecule has 1 atom stereocenters. The lowest BCUT2D eigenvalue weighted by Gasteiger charge is -2.24. The van der Waals surface area contributed by atoms with Crippen molar-refractivity contribution in [2.75, 3.05) is 11.9 Å². The zero-order valence-electron chi connectivity index (χ0n) is 6.80. The van der Waals surface area contributed by atoms with E-state index in [-0.39, 0.29) is 7.53 Å². The lowest BCUT2D eigenvalue weighted by molar-refractivity contribution is 0.226. The molecule has 0 fully saturated rings. The van der Waals surface area contributed by atoms with E-state index in [1.807, 2.05) is 25.1 Å². The third kappa shape index (κ3) is 1.34. The number of halogens is 1. The Morgan fingerprint density at radius 1 is 1.67 bits per heavy atom. The number of rotatable bonds is 0. The molecule has 0 spiro atoms. The lowest BCUT2D eigenvalue weighted by Crippen LogP contribution is -2.27. The maximum Gasteiger partial charge on any atom is 0.142 e. The molecule has 1 aromatic carbocycles. The van der Waals surface area contributed by atoms with Crippen LogP contribution in [0.25, 0.3) is 0 Å². The highest BCUT2D eigenvalue weighted by Gasteiger charge is 2.14. The molecule has 0 unspecified atom stereocenters. The fraction of sp³-hybridized carbons (Fsp3) is 0.333. The fourth-order valence-corrected chi connectivity index (χ4v) is 1.43. The quantitative estimate of drug-likeness (QED) is 0.671. The van der Waals surface area contributed by atoms with Crippen LogP contribution in [-0.2, 0) is 0 Å². The minimum absolute atomic E-state index is 0. The van der Waals surface area contributed by atoms with E-state index in [0.717, 1.165) is 23.0 Å². The minimum Gasteiger partial charge on any atom is -0.487 e. The summed E-state index contributed by atoms with van der Waals surface area (Å²) in [5, 5.41) is 3.98. The Labute approximate surface area is 78.0 Å². The molecule has 66 valence electrons. The maximum atomic E-state index is 5.82. The fourth-order valence-electron chi connectivity index (χ4n) is 1.26. The summed E-state index contributed by atoms with van der Waals surface area (Å²) in [6.45, 7) is 2.87. The van der Waals surface area contributed by atoms with Gasteiger partial charge in [-0.1, -0.05) is 11.6 Å². The zero-order chi connectivity index (χ0) is 8.55. The van der Waals surface area contributed by atoms with E-state index >= 15 is 0 Å². The standard InChI is InChI=1S/C9H10ClNO.H2/c1-6-5-11-8-4-7(10)2-3-9(8)12-6;/h2-4,6,11H,5H2,1H3;1H/t6-;/m1./s1. The molecule has 0 bridgehead atoms. The van der Waals surface area contributed by atoms with Gasteiger partial charge in [-0.3, -0.25) is 0 Å². The maximum absolute atomic E-state index is 5.82. The number of hydrogen-bond acceptors (Lipinski definition) is 2. The van der Waals surface area contributed by atoms with Crippen molar-refractivity contribution in [2.24, 2.45) is 0 Å². The lowest BCUT2D eigenvalue weighted by atomic mass is 10.2. The van der Waals surface area contributed by atoms with Gasteiger partial charge in [0.15, 0.2) is 0 Å². The van der Waals surface area contributed by atoms with Crippen molar-refractivity contribution in [2.45, 2.75) is 13.0 Å². The molecular formula is C9H12ClNO. The highest BCUT2D eigenvalue weighted by Crippen LogP contribution is 2.31. The Morgan fingerprint density at radius 2 is 2.50 bits per heavy atom. The third-order valence-electron chi connectivity index (χ3n) is 1.85. The molecule has 0 saturated carbocycles. The molecule has 2 nitrogen and oxygen atoms in total. The van der Waals surface area contributed by atoms with Gasteiger partial charge in [0, 0.05) is 6.45 Å². The molecule has 2 rings (SSSR count). The number of hydrogen-bond donors (Lipinski definition) is 1. The van der Waals surface area contributed by atoms with E-state index in [4.69, 9.17) is 16.3 Å². The summed E-state index contributed by atoms with van der Waals surface area (Å²) < 4.78 is 5.57. The molecule has 12 heavy (non-hydrogen) atoms. The molecule has 1 N–H and O–H groups in total. The molecule has 1 aromatic rings. The van der Waals surface area contributed by atoms with Gasteiger partial charge in [0.05, 0.1) is 12.2 Å². The highest BCUT2D eigenvalue weighted by molar-refractivity contribution is 6.30. The monoisotopic (exact) mass is 185 g/mol. The van der Waals surface area contributed by atoms with E-state index in [1.54, 1.807) is 0 Å². The summed E-state index contributed by atoms with van der Waals surface area (Å²) >= 11 is 5.82. The van der Waals surface area contributed by atoms with Gasteiger partial charge < -0.3 is 10.1 Å². The normalized spacial score (nSPS) is 20.7. The molecule has 0 amide bonds. The Kier molecular flexibility index (Phi) is 1.85. The van der Waals surface area contributed by atoms with Crippen LogP contribution in [0.5, 0.6) is 5.75 Å². The van der Waals surface area contributed by atoms with Gasteiger partial charge in [-0.15, -0.1) is 0 Å². The van der Waals surface area contributed by atoms with Crippen LogP contribution in [0.1, 0.15) is 8.35 Å². The summed E-state index contributed by atoms with van der Waals surface area (Å²) in [4.78, 5) is 0. The van der Waals surface area contributed by atoms with Crippen LogP contribution in [0, 0.1) is 0 Å². The van der Waals surface area contributed by atoms with E-state index < -0.39 is 0 Å². The average Bonchev–Trinajstić information content (AvgIpc) is 2.05. The van der Waals surface area contributed by atoms with Gasteiger partial charge in [-0.05, 0) is 25.1 Å². The number of ether oxygens (including phenoxy) is 1. The van der Waals surface area contributed by atoms with Gasteiger partial charge in [0.25, 0.3) is 0 Å². The topological polar surface area (TPSA) is 21.3 Å². The van der Waals surface area contributed by atoms with Crippen LogP contribution in [0.4, 0.5) is 5.69 Å². The van der Waals surface area contributed by atoms with Crippen LogP contribution in [0.2, 0.25) is 5.02 Å². The first kappa shape index (κ1) is 7.74. The Morgan fingerprint density at radius 3 is 3.33 bits per heavy atom. The van der Waals surface area contributed by atoms with Crippen LogP contribution in [0.15, 0.2) is 18.2 Å². The van der Waals surface area contributed by atoms with Crippen LogP contribution < -0.4 is 10.1 Å². The molecule has 0 saturated heterocycles. The number of fused-ring (bicyclic) bond motifs is 1. The van der Waals surface area contributed by atoms with E-state index in [9.17, 15) is 0 Å². The Bertz CT molecular complexity index is 306. The highest BCUT2D eigenvalue weighted by atomic mass is 35.5. The van der Waals surface area contributed by atoms with Crippen molar-refractivity contribution in [3.05, 3.63) is 23.2 Å². The van der Waals surface area contributed by atoms with Crippen molar-refractivity contribution >= 4 is 17.3 Å². The number of benzene rings is 1. The Balaban J connectivity index is 0.000000845. The second-order valence-electron chi connectivity index (χ2n) is 2.95. The molecular weight excluding hydrogens is 174 g/mol. The number of nitrogens with one attached hydrogen (secondary N) is 1. The summed E-state index contributed by atoms with van der Waals surface area (Å²) in [5.41, 5.74) is 0.987. The first-order chi connectivity index (χ1) is 5.75. The van der Waals surface area contributed by atoms with Crippen molar-refractivity contribution in [1.82, 2.24) is 0 Å². The smallest absolute Gasteiger partial charge is 0.142 e. The van der Waals surface area contributed by atoms with Crippen LogP contribution in [-0.4, -0.2) is 12.6 Å². The molecule has 1 aliphatic rings. The van der Waals surface area contributed by atoms with Gasteiger partial charge in [0.2, 0.25) is 0 Å². The van der Waals surface area contributed by atoms with Crippen molar-refractivity contribution in [3.63, 3.8) is 0 Å². The van der Waals surface area contributed by atoms with Crippen molar-refractivity contribution in [1.29, 1.82) is 0 Å². The second-order valence-corrected chi connectivity index (χ2v) is 3.39. The first-order valence-electron chi connectivity index (χ1n) is 3.96. The summed E-state index contributed by atoms with van der Waals surface area (Å²) in [5.74, 6) is 0.887. The average molecular weight is 186 g/mol. The SMILES string of the molecule is C[C@@H]1CNc2cc(Cl)ccc2O1.[HH]. The minimum atomic E-state index is 0. The van der Waals surface area contributed by atoms with Crippen molar-refractivity contribution < 1.29 is 6.16 Å². The predicted molar refractivity (Wildman–Crippen MR) is 52.1 cm³/mol. The van der Waals surface area contributed by atoms with Gasteiger partial charge >= 0.3 is 0 Å². The van der Waals surface area contributed by atoms with Gasteiger partial charge in [-0.2, -0.15) is 0 Å². The van der Waals surface area contributed by atoms with Gasteiger partial charge in [0.1, 0.15) is 11.9 Å². The summed E-state index contributed by atoms with van der Waals surface area (Å²) in [6, 6.07) is 5.60. The molecule has 1 heterocycles. The molecule has 0 aliphatic carbocycles. The summed E-state index contributed by atoms with van der Waals surface area (Å²) in [6.07, 6.45) is 0.235. The van der Waals surface area contributed by atoms with Gasteiger partial charge in [-0.25, -0.2) is 0 Å². The zero-order valence-corrected chi connectivity index (χ0v) is 7.56. The molecule has 3 heteroatoms. The third-order valence-corrected chi connectivity index (χ3v) is 2.08. The molecule has 0 aromatic heterocycles. The number of anilines is 1. The first-order valence-corrected chi connectivity index (χ1v) is 4.33. The van der Waals surface area contributed by atoms with Crippen molar-refractivity contribution in [3.8, 4) is 5.75 Å². The largest absolute Gasteiger partial charge is 0.487 e. The van der Waals surface area contributed by atoms with Crippen LogP contribution >= 0.6 is 11.6 Å². The van der Waals surface area contributed by atoms with E-state index in [2.05, 4.69) is 5.32 Å². The molecule has 1 aliphatic heterocycles. The Hall–Kier alpha value is -0.890. The molecule has 0 radical (unpaired) electrons. The summed E-state index contributed by atoms with van der Waals surface area (Å²) in [7, 11) is 0. The second kappa shape index (κ2) is 2.87. The van der Waals surface area contributed by atoms with E-state index in [0.29, 0.717) is 0 Å².